The number of halogens is 2. The number of aromatic nitrogens is 2. The summed E-state index contributed by atoms with van der Waals surface area (Å²) in [6, 6.07) is 8.14. The first-order valence-electron chi connectivity index (χ1n) is 5.98. The lowest BCUT2D eigenvalue weighted by atomic mass is 10.0. The number of hydrogen-bond acceptors (Lipinski definition) is 2. The van der Waals surface area contributed by atoms with Gasteiger partial charge >= 0.3 is 0 Å². The maximum Gasteiger partial charge on any atom is 0.273 e. The first-order chi connectivity index (χ1) is 8.99. The second-order valence-corrected chi connectivity index (χ2v) is 5.41. The van der Waals surface area contributed by atoms with Gasteiger partial charge in [-0.2, -0.15) is 0 Å². The van der Waals surface area contributed by atoms with Crippen LogP contribution in [0, 0.1) is 0 Å². The summed E-state index contributed by atoms with van der Waals surface area (Å²) in [7, 11) is 0. The topological polar surface area (TPSA) is 34.9 Å². The Hall–Kier alpha value is -1.32. The summed E-state index contributed by atoms with van der Waals surface area (Å²) in [5, 5.41) is 0.000963. The van der Waals surface area contributed by atoms with E-state index in [0.29, 0.717) is 12.5 Å². The summed E-state index contributed by atoms with van der Waals surface area (Å²) in [5.41, 5.74) is 1.96. The number of hydrogen-bond donors (Lipinski definition) is 0. The first kappa shape index (κ1) is 14.1. The van der Waals surface area contributed by atoms with E-state index in [1.807, 2.05) is 12.1 Å². The van der Waals surface area contributed by atoms with Gasteiger partial charge in [-0.3, -0.25) is 9.36 Å². The van der Waals surface area contributed by atoms with Crippen molar-refractivity contribution in [2.75, 3.05) is 0 Å². The monoisotopic (exact) mass is 296 g/mol. The molecule has 0 amide bonds. The van der Waals surface area contributed by atoms with Gasteiger partial charge in [0, 0.05) is 0 Å². The zero-order chi connectivity index (χ0) is 14.0. The van der Waals surface area contributed by atoms with Crippen molar-refractivity contribution in [1.82, 2.24) is 9.55 Å². The Labute approximate surface area is 121 Å². The van der Waals surface area contributed by atoms with Gasteiger partial charge in [0.2, 0.25) is 0 Å². The Morgan fingerprint density at radius 2 is 1.84 bits per heavy atom. The average Bonchev–Trinajstić information content (AvgIpc) is 2.40. The van der Waals surface area contributed by atoms with Gasteiger partial charge in [-0.15, -0.1) is 0 Å². The predicted octanol–water partition coefficient (Wildman–Crippen LogP) is 3.72. The Balaban J connectivity index is 2.27. The average molecular weight is 297 g/mol. The summed E-state index contributed by atoms with van der Waals surface area (Å²) < 4.78 is 1.44. The van der Waals surface area contributed by atoms with Crippen LogP contribution >= 0.6 is 23.2 Å². The minimum Gasteiger partial charge on any atom is -0.293 e. The molecule has 0 fully saturated rings. The molecule has 0 N–H and O–H groups in total. The molecule has 1 aromatic carbocycles. The molecule has 0 aliphatic heterocycles. The van der Waals surface area contributed by atoms with Crippen molar-refractivity contribution in [2.24, 2.45) is 0 Å². The molecule has 0 aliphatic carbocycles. The molecule has 0 saturated carbocycles. The summed E-state index contributed by atoms with van der Waals surface area (Å²) in [5.74, 6) is 0.489. The van der Waals surface area contributed by atoms with Crippen LogP contribution in [-0.4, -0.2) is 9.55 Å². The third kappa shape index (κ3) is 3.17. The van der Waals surface area contributed by atoms with Gasteiger partial charge in [0.25, 0.3) is 5.56 Å². The van der Waals surface area contributed by atoms with Crippen molar-refractivity contribution < 1.29 is 0 Å². The van der Waals surface area contributed by atoms with Crippen LogP contribution in [-0.2, 0) is 6.54 Å². The van der Waals surface area contributed by atoms with Gasteiger partial charge in [0.15, 0.2) is 5.15 Å². The molecule has 0 spiro atoms. The van der Waals surface area contributed by atoms with E-state index in [2.05, 4.69) is 31.0 Å². The summed E-state index contributed by atoms with van der Waals surface area (Å²) in [6.45, 7) is 4.71. The Morgan fingerprint density at radius 1 is 1.21 bits per heavy atom. The highest BCUT2D eigenvalue weighted by Crippen LogP contribution is 2.16. The summed E-state index contributed by atoms with van der Waals surface area (Å²) >= 11 is 11.5. The van der Waals surface area contributed by atoms with Crippen LogP contribution in [0.25, 0.3) is 0 Å². The van der Waals surface area contributed by atoms with Crippen molar-refractivity contribution in [3.05, 3.63) is 62.2 Å². The highest BCUT2D eigenvalue weighted by molar-refractivity contribution is 6.40. The van der Waals surface area contributed by atoms with Crippen LogP contribution in [0.3, 0.4) is 0 Å². The van der Waals surface area contributed by atoms with Crippen molar-refractivity contribution >= 4 is 23.2 Å². The molecule has 3 nitrogen and oxygen atoms in total. The van der Waals surface area contributed by atoms with Crippen molar-refractivity contribution in [2.45, 2.75) is 26.3 Å². The van der Waals surface area contributed by atoms with Gasteiger partial charge in [-0.05, 0) is 17.0 Å². The zero-order valence-corrected chi connectivity index (χ0v) is 12.2. The molecular formula is C14H14Cl2N2O. The van der Waals surface area contributed by atoms with Crippen LogP contribution in [0.5, 0.6) is 0 Å². The molecule has 0 unspecified atom stereocenters. The lowest BCUT2D eigenvalue weighted by molar-refractivity contribution is 0.735. The fraction of sp³-hybridized carbons (Fsp3) is 0.286. The largest absolute Gasteiger partial charge is 0.293 e. The van der Waals surface area contributed by atoms with Gasteiger partial charge in [-0.25, -0.2) is 4.98 Å². The fourth-order valence-corrected chi connectivity index (χ4v) is 2.04. The molecule has 2 rings (SSSR count). The molecule has 0 bridgehead atoms. The molecule has 19 heavy (non-hydrogen) atoms. The second kappa shape index (κ2) is 5.76. The lowest BCUT2D eigenvalue weighted by Crippen LogP contribution is -2.21. The van der Waals surface area contributed by atoms with Gasteiger partial charge < -0.3 is 0 Å². The molecule has 5 heteroatoms. The SMILES string of the molecule is CC(C)c1ccc(Cn2cnc(Cl)c(Cl)c2=O)cc1. The smallest absolute Gasteiger partial charge is 0.273 e. The van der Waals surface area contributed by atoms with E-state index in [1.165, 1.54) is 16.5 Å². The van der Waals surface area contributed by atoms with E-state index in [0.717, 1.165) is 5.56 Å². The van der Waals surface area contributed by atoms with Gasteiger partial charge in [0.1, 0.15) is 5.02 Å². The molecule has 2 aromatic rings. The standard InChI is InChI=1S/C14H14Cl2N2O/c1-9(2)11-5-3-10(4-6-11)7-18-8-17-13(16)12(15)14(18)19/h3-6,8-9H,7H2,1-2H3. The van der Waals surface area contributed by atoms with E-state index >= 15 is 0 Å². The van der Waals surface area contributed by atoms with E-state index in [1.54, 1.807) is 0 Å². The molecular weight excluding hydrogens is 283 g/mol. The van der Waals surface area contributed by atoms with E-state index in [9.17, 15) is 4.79 Å². The third-order valence-electron chi connectivity index (χ3n) is 2.94. The second-order valence-electron chi connectivity index (χ2n) is 4.68. The molecule has 100 valence electrons. The third-order valence-corrected chi connectivity index (χ3v) is 3.66. The van der Waals surface area contributed by atoms with E-state index in [4.69, 9.17) is 23.2 Å². The highest BCUT2D eigenvalue weighted by atomic mass is 35.5. The molecule has 1 heterocycles. The van der Waals surface area contributed by atoms with Gasteiger partial charge in [-0.1, -0.05) is 61.3 Å². The van der Waals surface area contributed by atoms with Crippen molar-refractivity contribution in [3.8, 4) is 0 Å². The number of rotatable bonds is 3. The van der Waals surface area contributed by atoms with Crippen molar-refractivity contribution in [3.63, 3.8) is 0 Å². The normalized spacial score (nSPS) is 11.0. The Bertz CT molecular complexity index is 633. The molecule has 0 atom stereocenters. The molecule has 0 aliphatic rings. The predicted molar refractivity (Wildman–Crippen MR) is 78.2 cm³/mol. The molecule has 1 aromatic heterocycles. The van der Waals surface area contributed by atoms with Crippen LogP contribution in [0.4, 0.5) is 0 Å². The quantitative estimate of drug-likeness (QED) is 0.809. The Morgan fingerprint density at radius 3 is 2.42 bits per heavy atom. The molecule has 0 saturated heterocycles. The Kier molecular flexibility index (Phi) is 4.27. The maximum atomic E-state index is 11.9. The first-order valence-corrected chi connectivity index (χ1v) is 6.74. The lowest BCUT2D eigenvalue weighted by Gasteiger charge is -2.09. The van der Waals surface area contributed by atoms with Crippen LogP contribution < -0.4 is 5.56 Å². The van der Waals surface area contributed by atoms with Crippen molar-refractivity contribution in [1.29, 1.82) is 0 Å². The maximum absolute atomic E-state index is 11.9. The number of benzene rings is 1. The molecule has 0 radical (unpaired) electrons. The summed E-state index contributed by atoms with van der Waals surface area (Å²) in [4.78, 5) is 15.8. The fourth-order valence-electron chi connectivity index (χ4n) is 1.76. The van der Waals surface area contributed by atoms with Crippen LogP contribution in [0.2, 0.25) is 10.2 Å². The van der Waals surface area contributed by atoms with E-state index in [-0.39, 0.29) is 15.7 Å². The number of nitrogens with zero attached hydrogens (tertiary/aromatic N) is 2. The van der Waals surface area contributed by atoms with Crippen LogP contribution in [0.15, 0.2) is 35.4 Å². The zero-order valence-electron chi connectivity index (χ0n) is 10.7. The highest BCUT2D eigenvalue weighted by Gasteiger charge is 2.08. The minimum absolute atomic E-state index is 0.0389. The van der Waals surface area contributed by atoms with Gasteiger partial charge in [0.05, 0.1) is 12.9 Å². The minimum atomic E-state index is -0.324. The van der Waals surface area contributed by atoms with Crippen LogP contribution in [0.1, 0.15) is 30.9 Å². The summed E-state index contributed by atoms with van der Waals surface area (Å²) in [6.07, 6.45) is 1.41. The van der Waals surface area contributed by atoms with E-state index < -0.39 is 0 Å².